The molecule has 2 rings (SSSR count). The molecule has 0 bridgehead atoms. The molecule has 0 fully saturated rings. The molecule has 118 valence electrons. The number of benzene rings is 1. The SMILES string of the molecule is Cc1cc(Cl)ncc1-c1cc(C(C)(C)C)cc(C(C)(C)C)c1. The Morgan fingerprint density at radius 3 is 1.73 bits per heavy atom. The van der Waals surface area contributed by atoms with E-state index >= 15 is 0 Å². The van der Waals surface area contributed by atoms with Crippen LogP contribution in [0.25, 0.3) is 11.1 Å². The second kappa shape index (κ2) is 5.70. The first-order valence-corrected chi connectivity index (χ1v) is 8.15. The van der Waals surface area contributed by atoms with E-state index in [2.05, 4.69) is 71.6 Å². The van der Waals surface area contributed by atoms with Crippen molar-refractivity contribution in [2.24, 2.45) is 0 Å². The standard InChI is InChI=1S/C20H26ClN/c1-13-8-18(21)22-12-17(13)14-9-15(19(2,3)4)11-16(10-14)20(5,6)7/h8-12H,1-7H3. The highest BCUT2D eigenvalue weighted by atomic mass is 35.5. The molecule has 0 saturated heterocycles. The normalized spacial score (nSPS) is 12.5. The maximum atomic E-state index is 6.00. The number of aromatic nitrogens is 1. The topological polar surface area (TPSA) is 12.9 Å². The molecule has 1 nitrogen and oxygen atoms in total. The second-order valence-corrected chi connectivity index (χ2v) is 8.51. The Bertz CT molecular complexity index is 656. The van der Waals surface area contributed by atoms with Crippen LogP contribution in [0.15, 0.2) is 30.5 Å². The van der Waals surface area contributed by atoms with Crippen molar-refractivity contribution in [2.45, 2.75) is 59.3 Å². The van der Waals surface area contributed by atoms with Crippen LogP contribution in [-0.2, 0) is 10.8 Å². The fraction of sp³-hybridized carbons (Fsp3) is 0.450. The Hall–Kier alpha value is -1.34. The van der Waals surface area contributed by atoms with Gasteiger partial charge in [0, 0.05) is 11.8 Å². The molecule has 1 aromatic heterocycles. The lowest BCUT2D eigenvalue weighted by Crippen LogP contribution is -2.16. The summed E-state index contributed by atoms with van der Waals surface area (Å²) in [6.07, 6.45) is 1.88. The molecule has 0 spiro atoms. The predicted octanol–water partition coefficient (Wildman–Crippen LogP) is 6.31. The Labute approximate surface area is 139 Å². The predicted molar refractivity (Wildman–Crippen MR) is 96.8 cm³/mol. The van der Waals surface area contributed by atoms with E-state index in [1.165, 1.54) is 16.7 Å². The highest BCUT2D eigenvalue weighted by molar-refractivity contribution is 6.29. The zero-order valence-corrected chi connectivity index (χ0v) is 15.5. The molecule has 0 aliphatic rings. The van der Waals surface area contributed by atoms with E-state index in [0.29, 0.717) is 5.15 Å². The van der Waals surface area contributed by atoms with Crippen molar-refractivity contribution in [3.63, 3.8) is 0 Å². The Balaban J connectivity index is 2.70. The van der Waals surface area contributed by atoms with Crippen LogP contribution in [0.3, 0.4) is 0 Å². The first-order valence-electron chi connectivity index (χ1n) is 7.77. The highest BCUT2D eigenvalue weighted by Gasteiger charge is 2.21. The highest BCUT2D eigenvalue weighted by Crippen LogP contribution is 2.35. The van der Waals surface area contributed by atoms with E-state index in [1.54, 1.807) is 0 Å². The van der Waals surface area contributed by atoms with E-state index in [9.17, 15) is 0 Å². The first-order chi connectivity index (χ1) is 9.98. The van der Waals surface area contributed by atoms with Gasteiger partial charge < -0.3 is 0 Å². The summed E-state index contributed by atoms with van der Waals surface area (Å²) in [5, 5.41) is 0.546. The van der Waals surface area contributed by atoms with Crippen molar-refractivity contribution >= 4 is 11.6 Å². The molecule has 22 heavy (non-hydrogen) atoms. The molecule has 0 saturated carbocycles. The fourth-order valence-electron chi connectivity index (χ4n) is 2.47. The minimum atomic E-state index is 0.115. The molecule has 1 aromatic carbocycles. The van der Waals surface area contributed by atoms with Crippen molar-refractivity contribution in [1.29, 1.82) is 0 Å². The molecule has 1 heterocycles. The van der Waals surface area contributed by atoms with Gasteiger partial charge in [0.15, 0.2) is 0 Å². The van der Waals surface area contributed by atoms with E-state index in [-0.39, 0.29) is 10.8 Å². The summed E-state index contributed by atoms with van der Waals surface area (Å²) < 4.78 is 0. The number of halogens is 1. The third-order valence-electron chi connectivity index (χ3n) is 4.05. The number of rotatable bonds is 1. The molecular formula is C20H26ClN. The number of aryl methyl sites for hydroxylation is 1. The number of nitrogens with zero attached hydrogens (tertiary/aromatic N) is 1. The summed E-state index contributed by atoms with van der Waals surface area (Å²) in [5.74, 6) is 0. The summed E-state index contributed by atoms with van der Waals surface area (Å²) >= 11 is 6.00. The average molecular weight is 316 g/mol. The van der Waals surface area contributed by atoms with E-state index in [1.807, 2.05) is 12.3 Å². The summed E-state index contributed by atoms with van der Waals surface area (Å²) in [5.41, 5.74) is 6.47. The number of pyridine rings is 1. The van der Waals surface area contributed by atoms with Crippen LogP contribution in [0.4, 0.5) is 0 Å². The minimum absolute atomic E-state index is 0.115. The number of hydrogen-bond donors (Lipinski definition) is 0. The van der Waals surface area contributed by atoms with Gasteiger partial charge in [0.05, 0.1) is 0 Å². The van der Waals surface area contributed by atoms with Crippen molar-refractivity contribution < 1.29 is 0 Å². The van der Waals surface area contributed by atoms with Crippen molar-refractivity contribution in [3.8, 4) is 11.1 Å². The molecule has 0 atom stereocenters. The first kappa shape index (κ1) is 17.0. The van der Waals surface area contributed by atoms with Crippen molar-refractivity contribution in [3.05, 3.63) is 52.3 Å². The quantitative estimate of drug-likeness (QED) is 0.562. The Kier molecular flexibility index (Phi) is 4.41. The Morgan fingerprint density at radius 1 is 0.818 bits per heavy atom. The van der Waals surface area contributed by atoms with Crippen LogP contribution >= 0.6 is 11.6 Å². The third-order valence-corrected chi connectivity index (χ3v) is 4.26. The lowest BCUT2D eigenvalue weighted by molar-refractivity contribution is 0.569. The molecule has 0 aliphatic heterocycles. The smallest absolute Gasteiger partial charge is 0.129 e. The molecule has 0 unspecified atom stereocenters. The van der Waals surface area contributed by atoms with Crippen molar-refractivity contribution in [1.82, 2.24) is 4.98 Å². The molecule has 0 aliphatic carbocycles. The Morgan fingerprint density at radius 2 is 1.32 bits per heavy atom. The molecule has 2 aromatic rings. The second-order valence-electron chi connectivity index (χ2n) is 8.12. The van der Waals surface area contributed by atoms with Gasteiger partial charge in [-0.05, 0) is 46.1 Å². The summed E-state index contributed by atoms with van der Waals surface area (Å²) in [7, 11) is 0. The molecule has 0 amide bonds. The fourth-order valence-corrected chi connectivity index (χ4v) is 2.69. The lowest BCUT2D eigenvalue weighted by atomic mass is 9.79. The van der Waals surface area contributed by atoms with Crippen molar-refractivity contribution in [2.75, 3.05) is 0 Å². The average Bonchev–Trinajstić information content (AvgIpc) is 2.36. The van der Waals surface area contributed by atoms with Gasteiger partial charge in [-0.1, -0.05) is 71.3 Å². The van der Waals surface area contributed by atoms with Gasteiger partial charge >= 0.3 is 0 Å². The molecule has 0 radical (unpaired) electrons. The van der Waals surface area contributed by atoms with Crippen LogP contribution in [0.1, 0.15) is 58.2 Å². The lowest BCUT2D eigenvalue weighted by Gasteiger charge is -2.26. The van der Waals surface area contributed by atoms with Crippen LogP contribution < -0.4 is 0 Å². The van der Waals surface area contributed by atoms with Crippen LogP contribution in [-0.4, -0.2) is 4.98 Å². The monoisotopic (exact) mass is 315 g/mol. The molecular weight excluding hydrogens is 290 g/mol. The zero-order chi connectivity index (χ0) is 16.7. The summed E-state index contributed by atoms with van der Waals surface area (Å²) in [4.78, 5) is 4.27. The summed E-state index contributed by atoms with van der Waals surface area (Å²) in [6.45, 7) is 15.6. The van der Waals surface area contributed by atoms with Crippen LogP contribution in [0.2, 0.25) is 5.15 Å². The van der Waals surface area contributed by atoms with E-state index in [0.717, 1.165) is 11.1 Å². The van der Waals surface area contributed by atoms with Gasteiger partial charge in [0.2, 0.25) is 0 Å². The third kappa shape index (κ3) is 3.70. The van der Waals surface area contributed by atoms with E-state index in [4.69, 9.17) is 11.6 Å². The summed E-state index contributed by atoms with van der Waals surface area (Å²) in [6, 6.07) is 8.83. The zero-order valence-electron chi connectivity index (χ0n) is 14.7. The number of hydrogen-bond acceptors (Lipinski definition) is 1. The van der Waals surface area contributed by atoms with Crippen LogP contribution in [0.5, 0.6) is 0 Å². The van der Waals surface area contributed by atoms with Crippen LogP contribution in [0, 0.1) is 6.92 Å². The van der Waals surface area contributed by atoms with Gasteiger partial charge in [-0.25, -0.2) is 4.98 Å². The molecule has 2 heteroatoms. The maximum Gasteiger partial charge on any atom is 0.129 e. The molecule has 0 N–H and O–H groups in total. The van der Waals surface area contributed by atoms with E-state index < -0.39 is 0 Å². The maximum absolute atomic E-state index is 6.00. The van der Waals surface area contributed by atoms with Gasteiger partial charge in [-0.3, -0.25) is 0 Å². The van der Waals surface area contributed by atoms with Gasteiger partial charge in [-0.15, -0.1) is 0 Å². The van der Waals surface area contributed by atoms with Gasteiger partial charge in [-0.2, -0.15) is 0 Å². The largest absolute Gasteiger partial charge is 0.244 e. The van der Waals surface area contributed by atoms with Gasteiger partial charge in [0.1, 0.15) is 5.15 Å². The minimum Gasteiger partial charge on any atom is -0.244 e. The van der Waals surface area contributed by atoms with Gasteiger partial charge in [0.25, 0.3) is 0 Å².